The van der Waals surface area contributed by atoms with Crippen molar-refractivity contribution >= 4 is 33.3 Å². The number of carbonyl (C=O) groups is 1. The van der Waals surface area contributed by atoms with Gasteiger partial charge in [0, 0.05) is 12.2 Å². The highest BCUT2D eigenvalue weighted by atomic mass is 35.5. The molecule has 0 radical (unpaired) electrons. The van der Waals surface area contributed by atoms with E-state index >= 15 is 0 Å². The molecule has 0 saturated heterocycles. The SMILES string of the molecule is C[C@@H](CNC(=O)Nc1ccc(Cl)c(C(F)(F)F)c1)S(N)(=O)=O. The summed E-state index contributed by atoms with van der Waals surface area (Å²) >= 11 is 5.44. The Morgan fingerprint density at radius 2 is 2.00 bits per heavy atom. The molecule has 0 aliphatic carbocycles. The minimum atomic E-state index is -4.66. The molecule has 0 fully saturated rings. The largest absolute Gasteiger partial charge is 0.417 e. The molecule has 124 valence electrons. The molecular formula is C11H13ClF3N3O3S. The average Bonchev–Trinajstić information content (AvgIpc) is 2.35. The topological polar surface area (TPSA) is 101 Å². The van der Waals surface area contributed by atoms with Crippen LogP contribution in [-0.2, 0) is 16.2 Å². The Labute approximate surface area is 129 Å². The van der Waals surface area contributed by atoms with Gasteiger partial charge in [-0.2, -0.15) is 13.2 Å². The second-order valence-corrected chi connectivity index (χ2v) is 6.82. The minimum Gasteiger partial charge on any atom is -0.337 e. The first-order valence-corrected chi connectivity index (χ1v) is 7.83. The zero-order valence-corrected chi connectivity index (χ0v) is 12.8. The summed E-state index contributed by atoms with van der Waals surface area (Å²) in [6, 6.07) is 1.98. The van der Waals surface area contributed by atoms with E-state index in [1.54, 1.807) is 0 Å². The highest BCUT2D eigenvalue weighted by Gasteiger charge is 2.33. The van der Waals surface area contributed by atoms with Gasteiger partial charge in [-0.05, 0) is 25.1 Å². The van der Waals surface area contributed by atoms with Crippen molar-refractivity contribution < 1.29 is 26.4 Å². The summed E-state index contributed by atoms with van der Waals surface area (Å²) in [6.45, 7) is 0.990. The zero-order valence-electron chi connectivity index (χ0n) is 11.2. The number of hydrogen-bond donors (Lipinski definition) is 3. The van der Waals surface area contributed by atoms with Crippen LogP contribution >= 0.6 is 11.6 Å². The van der Waals surface area contributed by atoms with Crippen LogP contribution in [0.15, 0.2) is 18.2 Å². The van der Waals surface area contributed by atoms with E-state index in [1.165, 1.54) is 13.0 Å². The van der Waals surface area contributed by atoms with E-state index in [2.05, 4.69) is 10.6 Å². The first kappa shape index (κ1) is 18.5. The molecule has 1 rings (SSSR count). The molecule has 2 amide bonds. The number of nitrogens with one attached hydrogen (secondary N) is 2. The lowest BCUT2D eigenvalue weighted by Crippen LogP contribution is -2.39. The number of rotatable bonds is 4. The number of benzene rings is 1. The van der Waals surface area contributed by atoms with Gasteiger partial charge >= 0.3 is 12.2 Å². The molecule has 0 aliphatic heterocycles. The first-order valence-electron chi connectivity index (χ1n) is 5.84. The predicted molar refractivity (Wildman–Crippen MR) is 76.0 cm³/mol. The Morgan fingerprint density at radius 3 is 2.50 bits per heavy atom. The van der Waals surface area contributed by atoms with Gasteiger partial charge in [-0.3, -0.25) is 0 Å². The fourth-order valence-electron chi connectivity index (χ4n) is 1.35. The number of halogens is 4. The minimum absolute atomic E-state index is 0.141. The summed E-state index contributed by atoms with van der Waals surface area (Å²) < 4.78 is 59.9. The average molecular weight is 360 g/mol. The Kier molecular flexibility index (Phi) is 5.65. The van der Waals surface area contributed by atoms with Gasteiger partial charge in [-0.1, -0.05) is 11.6 Å². The molecule has 1 atom stereocenters. The Hall–Kier alpha value is -1.52. The summed E-state index contributed by atoms with van der Waals surface area (Å²) in [6.07, 6.45) is -4.66. The fourth-order valence-corrected chi connectivity index (χ4v) is 1.89. The van der Waals surface area contributed by atoms with Crippen molar-refractivity contribution in [1.82, 2.24) is 5.32 Å². The number of nitrogens with two attached hydrogens (primary N) is 1. The van der Waals surface area contributed by atoms with E-state index in [-0.39, 0.29) is 12.2 Å². The highest BCUT2D eigenvalue weighted by molar-refractivity contribution is 7.89. The lowest BCUT2D eigenvalue weighted by molar-refractivity contribution is -0.137. The summed E-state index contributed by atoms with van der Waals surface area (Å²) in [7, 11) is -3.81. The van der Waals surface area contributed by atoms with Gasteiger partial charge in [0.15, 0.2) is 0 Å². The van der Waals surface area contributed by atoms with Crippen LogP contribution in [0.5, 0.6) is 0 Å². The molecule has 0 heterocycles. The number of sulfonamides is 1. The molecule has 1 aromatic rings. The Morgan fingerprint density at radius 1 is 1.41 bits per heavy atom. The van der Waals surface area contributed by atoms with Crippen molar-refractivity contribution in [1.29, 1.82) is 0 Å². The van der Waals surface area contributed by atoms with Crippen molar-refractivity contribution in [3.63, 3.8) is 0 Å². The van der Waals surface area contributed by atoms with Crippen molar-refractivity contribution in [3.8, 4) is 0 Å². The molecule has 4 N–H and O–H groups in total. The van der Waals surface area contributed by atoms with Crippen molar-refractivity contribution in [2.45, 2.75) is 18.3 Å². The first-order chi connectivity index (χ1) is 9.91. The molecule has 0 saturated carbocycles. The second-order valence-electron chi connectivity index (χ2n) is 4.43. The summed E-state index contributed by atoms with van der Waals surface area (Å²) in [5.74, 6) is 0. The maximum Gasteiger partial charge on any atom is 0.417 e. The number of primary sulfonamides is 1. The van der Waals surface area contributed by atoms with Crippen LogP contribution in [0.4, 0.5) is 23.7 Å². The summed E-state index contributed by atoms with van der Waals surface area (Å²) in [5.41, 5.74) is -1.23. The number of amides is 2. The van der Waals surface area contributed by atoms with Crippen LogP contribution in [0.3, 0.4) is 0 Å². The summed E-state index contributed by atoms with van der Waals surface area (Å²) in [4.78, 5) is 11.5. The molecule has 6 nitrogen and oxygen atoms in total. The van der Waals surface area contributed by atoms with Gasteiger partial charge in [0.05, 0.1) is 15.8 Å². The predicted octanol–water partition coefficient (Wildman–Crippen LogP) is 2.16. The third-order valence-electron chi connectivity index (χ3n) is 2.64. The molecule has 0 unspecified atom stereocenters. The van der Waals surface area contributed by atoms with Gasteiger partial charge in [-0.25, -0.2) is 18.4 Å². The number of anilines is 1. The van der Waals surface area contributed by atoms with Gasteiger partial charge in [0.1, 0.15) is 0 Å². The lowest BCUT2D eigenvalue weighted by Gasteiger charge is -2.13. The normalized spacial score (nSPS) is 13.5. The van der Waals surface area contributed by atoms with E-state index in [0.29, 0.717) is 6.07 Å². The van der Waals surface area contributed by atoms with Gasteiger partial charge in [0.25, 0.3) is 0 Å². The van der Waals surface area contributed by atoms with Crippen molar-refractivity contribution in [2.24, 2.45) is 5.14 Å². The number of alkyl halides is 3. The molecule has 0 bridgehead atoms. The standard InChI is InChI=1S/C11H13ClF3N3O3S/c1-6(22(16,20)21)5-17-10(19)18-7-2-3-9(12)8(4-7)11(13,14)15/h2-4,6H,5H2,1H3,(H2,16,20,21)(H2,17,18,19)/t6-/m0/s1. The number of hydrogen-bond acceptors (Lipinski definition) is 3. The van der Waals surface area contributed by atoms with Gasteiger partial charge in [0.2, 0.25) is 10.0 Å². The maximum atomic E-state index is 12.7. The molecule has 0 spiro atoms. The van der Waals surface area contributed by atoms with Crippen LogP contribution in [-0.4, -0.2) is 26.2 Å². The third-order valence-corrected chi connectivity index (χ3v) is 4.26. The third kappa shape index (κ3) is 5.35. The molecule has 0 aliphatic rings. The molecular weight excluding hydrogens is 347 g/mol. The number of carbonyl (C=O) groups excluding carboxylic acids is 1. The van der Waals surface area contributed by atoms with E-state index in [0.717, 1.165) is 6.07 Å². The molecule has 1 aromatic carbocycles. The maximum absolute atomic E-state index is 12.7. The monoisotopic (exact) mass is 359 g/mol. The number of urea groups is 1. The lowest BCUT2D eigenvalue weighted by atomic mass is 10.2. The van der Waals surface area contributed by atoms with Crippen LogP contribution in [0, 0.1) is 0 Å². The van der Waals surface area contributed by atoms with E-state index in [4.69, 9.17) is 16.7 Å². The van der Waals surface area contributed by atoms with Gasteiger partial charge in [-0.15, -0.1) is 0 Å². The van der Waals surface area contributed by atoms with Gasteiger partial charge < -0.3 is 10.6 Å². The van der Waals surface area contributed by atoms with Crippen LogP contribution < -0.4 is 15.8 Å². The fraction of sp³-hybridized carbons (Fsp3) is 0.364. The van der Waals surface area contributed by atoms with Crippen LogP contribution in [0.2, 0.25) is 5.02 Å². The quantitative estimate of drug-likeness (QED) is 0.767. The Bertz CT molecular complexity index is 664. The highest BCUT2D eigenvalue weighted by Crippen LogP contribution is 2.36. The zero-order chi connectivity index (χ0) is 17.1. The van der Waals surface area contributed by atoms with E-state index in [1.807, 2.05) is 0 Å². The summed E-state index contributed by atoms with van der Waals surface area (Å²) in [5, 5.41) is 7.66. The van der Waals surface area contributed by atoms with Crippen LogP contribution in [0.25, 0.3) is 0 Å². The second kappa shape index (κ2) is 6.71. The van der Waals surface area contributed by atoms with Crippen molar-refractivity contribution in [3.05, 3.63) is 28.8 Å². The molecule has 22 heavy (non-hydrogen) atoms. The van der Waals surface area contributed by atoms with E-state index in [9.17, 15) is 26.4 Å². The Balaban J connectivity index is 2.74. The molecule has 11 heteroatoms. The van der Waals surface area contributed by atoms with Crippen LogP contribution in [0.1, 0.15) is 12.5 Å². The smallest absolute Gasteiger partial charge is 0.337 e. The molecule has 0 aromatic heterocycles. The van der Waals surface area contributed by atoms with Crippen molar-refractivity contribution in [2.75, 3.05) is 11.9 Å². The van der Waals surface area contributed by atoms with E-state index < -0.39 is 38.1 Å².